The molecule has 0 atom stereocenters. The number of aryl methyl sites for hydroxylation is 1. The summed E-state index contributed by atoms with van der Waals surface area (Å²) in [6.45, 7) is 4.00. The zero-order valence-corrected chi connectivity index (χ0v) is 16.2. The van der Waals surface area contributed by atoms with Crippen LogP contribution in [0.4, 0.5) is 5.69 Å². The van der Waals surface area contributed by atoms with Gasteiger partial charge in [0.15, 0.2) is 0 Å². The molecule has 6 nitrogen and oxygen atoms in total. The molecular formula is C16H19ClN2O4S2. The van der Waals surface area contributed by atoms with Gasteiger partial charge < -0.3 is 0 Å². The fourth-order valence-corrected chi connectivity index (χ4v) is 4.85. The summed E-state index contributed by atoms with van der Waals surface area (Å²) in [6.07, 6.45) is 0.675. The molecule has 0 spiro atoms. The van der Waals surface area contributed by atoms with Crippen molar-refractivity contribution in [3.8, 4) is 0 Å². The molecule has 0 radical (unpaired) electrons. The quantitative estimate of drug-likeness (QED) is 0.744. The molecule has 0 fully saturated rings. The van der Waals surface area contributed by atoms with Crippen molar-refractivity contribution >= 4 is 37.3 Å². The van der Waals surface area contributed by atoms with Gasteiger partial charge >= 0.3 is 0 Å². The van der Waals surface area contributed by atoms with Gasteiger partial charge in [-0.3, -0.25) is 4.72 Å². The smallest absolute Gasteiger partial charge is 0.263 e. The Bertz CT molecular complexity index is 956. The van der Waals surface area contributed by atoms with Crippen LogP contribution in [0.5, 0.6) is 0 Å². The highest BCUT2D eigenvalue weighted by Gasteiger charge is 2.19. The van der Waals surface area contributed by atoms with Crippen LogP contribution in [0.25, 0.3) is 0 Å². The lowest BCUT2D eigenvalue weighted by Crippen LogP contribution is -2.24. The van der Waals surface area contributed by atoms with Crippen LogP contribution < -0.4 is 9.44 Å². The molecule has 25 heavy (non-hydrogen) atoms. The van der Waals surface area contributed by atoms with Crippen molar-refractivity contribution in [3.05, 3.63) is 53.1 Å². The van der Waals surface area contributed by atoms with E-state index in [1.807, 2.05) is 6.92 Å². The molecule has 0 aliphatic rings. The topological polar surface area (TPSA) is 92.3 Å². The second kappa shape index (κ2) is 7.74. The van der Waals surface area contributed by atoms with Gasteiger partial charge in [0.2, 0.25) is 10.0 Å². The largest absolute Gasteiger partial charge is 0.280 e. The second-order valence-corrected chi connectivity index (χ2v) is 9.29. The van der Waals surface area contributed by atoms with Crippen LogP contribution in [-0.2, 0) is 20.0 Å². The average molecular weight is 403 g/mol. The van der Waals surface area contributed by atoms with E-state index in [9.17, 15) is 16.8 Å². The lowest BCUT2D eigenvalue weighted by Gasteiger charge is -2.11. The minimum Gasteiger partial charge on any atom is -0.280 e. The van der Waals surface area contributed by atoms with Gasteiger partial charge in [-0.05, 0) is 55.3 Å². The minimum absolute atomic E-state index is 0.0407. The molecule has 0 unspecified atom stereocenters. The highest BCUT2D eigenvalue weighted by atomic mass is 35.5. The van der Waals surface area contributed by atoms with Gasteiger partial charge in [0.1, 0.15) is 4.90 Å². The number of sulfonamides is 2. The monoisotopic (exact) mass is 402 g/mol. The van der Waals surface area contributed by atoms with E-state index in [0.717, 1.165) is 5.56 Å². The molecule has 2 rings (SSSR count). The number of benzene rings is 2. The molecule has 0 heterocycles. The molecule has 0 aromatic heterocycles. The molecule has 2 aromatic carbocycles. The molecule has 0 saturated heterocycles. The molecule has 2 aromatic rings. The van der Waals surface area contributed by atoms with Crippen LogP contribution in [0.3, 0.4) is 0 Å². The summed E-state index contributed by atoms with van der Waals surface area (Å²) in [5.41, 5.74) is 1.09. The molecule has 2 N–H and O–H groups in total. The van der Waals surface area contributed by atoms with E-state index in [4.69, 9.17) is 11.6 Å². The Balaban J connectivity index is 2.23. The number of hydrogen-bond acceptors (Lipinski definition) is 4. The summed E-state index contributed by atoms with van der Waals surface area (Å²) in [5, 5.41) is 0.121. The SMILES string of the molecule is CCCNS(=O)(=O)c1ccc(NS(=O)(=O)c2ccc(C)cc2Cl)cc1. The van der Waals surface area contributed by atoms with Crippen LogP contribution in [0.2, 0.25) is 5.02 Å². The molecule has 136 valence electrons. The van der Waals surface area contributed by atoms with Gasteiger partial charge in [0.05, 0.1) is 9.92 Å². The maximum Gasteiger partial charge on any atom is 0.263 e. The predicted molar refractivity (Wildman–Crippen MR) is 98.9 cm³/mol. The number of hydrogen-bond donors (Lipinski definition) is 2. The van der Waals surface area contributed by atoms with Gasteiger partial charge in [-0.25, -0.2) is 21.6 Å². The Morgan fingerprint density at radius 3 is 2.16 bits per heavy atom. The van der Waals surface area contributed by atoms with Crippen LogP contribution in [0.1, 0.15) is 18.9 Å². The van der Waals surface area contributed by atoms with E-state index in [-0.39, 0.29) is 20.5 Å². The fourth-order valence-electron chi connectivity index (χ4n) is 2.06. The van der Waals surface area contributed by atoms with Crippen LogP contribution in [0.15, 0.2) is 52.3 Å². The predicted octanol–water partition coefficient (Wildman–Crippen LogP) is 3.14. The number of nitrogens with one attached hydrogen (secondary N) is 2. The zero-order chi connectivity index (χ0) is 18.7. The van der Waals surface area contributed by atoms with E-state index < -0.39 is 20.0 Å². The van der Waals surface area contributed by atoms with Gasteiger partial charge in [-0.15, -0.1) is 0 Å². The molecular weight excluding hydrogens is 384 g/mol. The first-order valence-electron chi connectivity index (χ1n) is 7.54. The number of halogens is 1. The van der Waals surface area contributed by atoms with Crippen LogP contribution >= 0.6 is 11.6 Å². The van der Waals surface area contributed by atoms with Crippen molar-refractivity contribution < 1.29 is 16.8 Å². The summed E-state index contributed by atoms with van der Waals surface area (Å²) in [4.78, 5) is 0.0262. The fraction of sp³-hybridized carbons (Fsp3) is 0.250. The first kappa shape index (κ1) is 19.7. The van der Waals surface area contributed by atoms with Gasteiger partial charge in [-0.1, -0.05) is 24.6 Å². The second-order valence-electron chi connectivity index (χ2n) is 5.46. The summed E-state index contributed by atoms with van der Waals surface area (Å²) in [7, 11) is -7.47. The normalized spacial score (nSPS) is 12.1. The molecule has 0 saturated carbocycles. The number of anilines is 1. The highest BCUT2D eigenvalue weighted by molar-refractivity contribution is 7.92. The Morgan fingerprint density at radius 1 is 0.960 bits per heavy atom. The summed E-state index contributed by atoms with van der Waals surface area (Å²) < 4.78 is 53.7. The van der Waals surface area contributed by atoms with Crippen molar-refractivity contribution in [1.82, 2.24) is 4.72 Å². The molecule has 0 aliphatic heterocycles. The van der Waals surface area contributed by atoms with Crippen LogP contribution in [-0.4, -0.2) is 23.4 Å². The van der Waals surface area contributed by atoms with Crippen molar-refractivity contribution in [1.29, 1.82) is 0 Å². The highest BCUT2D eigenvalue weighted by Crippen LogP contribution is 2.25. The zero-order valence-electron chi connectivity index (χ0n) is 13.8. The van der Waals surface area contributed by atoms with E-state index in [0.29, 0.717) is 13.0 Å². The standard InChI is InChI=1S/C16H19ClN2O4S2/c1-3-10-18-24(20,21)14-7-5-13(6-8-14)19-25(22,23)16-9-4-12(2)11-15(16)17/h4-9,11,18-19H,3,10H2,1-2H3. The van der Waals surface area contributed by atoms with Crippen LogP contribution in [0, 0.1) is 6.92 Å². The number of rotatable bonds is 7. The molecule has 0 amide bonds. The van der Waals surface area contributed by atoms with Crippen molar-refractivity contribution in [2.45, 2.75) is 30.1 Å². The van der Waals surface area contributed by atoms with Gasteiger partial charge in [0.25, 0.3) is 10.0 Å². The minimum atomic E-state index is -3.87. The van der Waals surface area contributed by atoms with Gasteiger partial charge in [-0.2, -0.15) is 0 Å². The Hall–Kier alpha value is -1.61. The lowest BCUT2D eigenvalue weighted by molar-refractivity contribution is 0.581. The van der Waals surface area contributed by atoms with Gasteiger partial charge in [0, 0.05) is 12.2 Å². The maximum absolute atomic E-state index is 12.4. The molecule has 0 bridgehead atoms. The lowest BCUT2D eigenvalue weighted by atomic mass is 10.2. The molecule has 9 heteroatoms. The van der Waals surface area contributed by atoms with E-state index in [1.165, 1.54) is 30.3 Å². The van der Waals surface area contributed by atoms with E-state index >= 15 is 0 Å². The van der Waals surface area contributed by atoms with E-state index in [2.05, 4.69) is 9.44 Å². The Kier molecular flexibility index (Phi) is 6.10. The third kappa shape index (κ3) is 4.94. The Morgan fingerprint density at radius 2 is 1.60 bits per heavy atom. The summed E-state index contributed by atoms with van der Waals surface area (Å²) >= 11 is 6.01. The first-order chi connectivity index (χ1) is 11.7. The summed E-state index contributed by atoms with van der Waals surface area (Å²) in [5.74, 6) is 0. The average Bonchev–Trinajstić information content (AvgIpc) is 2.52. The third-order valence-electron chi connectivity index (χ3n) is 3.34. The third-order valence-corrected chi connectivity index (χ3v) is 6.68. The molecule has 0 aliphatic carbocycles. The van der Waals surface area contributed by atoms with Crippen molar-refractivity contribution in [2.75, 3.05) is 11.3 Å². The first-order valence-corrected chi connectivity index (χ1v) is 10.9. The van der Waals surface area contributed by atoms with E-state index in [1.54, 1.807) is 19.1 Å². The maximum atomic E-state index is 12.4. The Labute approximate surface area is 153 Å². The summed E-state index contributed by atoms with van der Waals surface area (Å²) in [6, 6.07) is 10.1. The van der Waals surface area contributed by atoms with Crippen molar-refractivity contribution in [2.24, 2.45) is 0 Å². The van der Waals surface area contributed by atoms with Crippen molar-refractivity contribution in [3.63, 3.8) is 0 Å².